The van der Waals surface area contributed by atoms with Crippen molar-refractivity contribution in [1.82, 2.24) is 14.8 Å². The van der Waals surface area contributed by atoms with Crippen LogP contribution >= 0.6 is 11.3 Å². The molecule has 0 atom stereocenters. The topological polar surface area (TPSA) is 59.8 Å². The normalized spacial score (nSPS) is 11.1. The Bertz CT molecular complexity index is 645. The maximum atomic E-state index is 12.4. The lowest BCUT2D eigenvalue weighted by Crippen LogP contribution is -2.25. The van der Waals surface area contributed by atoms with Crippen LogP contribution in [0, 0.1) is 6.92 Å². The van der Waals surface area contributed by atoms with Crippen LogP contribution in [0.25, 0.3) is 11.3 Å². The second-order valence-electron chi connectivity index (χ2n) is 5.06. The molecule has 0 radical (unpaired) electrons. The van der Waals surface area contributed by atoms with Gasteiger partial charge in [0.1, 0.15) is 0 Å². The van der Waals surface area contributed by atoms with Crippen molar-refractivity contribution >= 4 is 16.5 Å². The molecule has 20 heavy (non-hydrogen) atoms. The first-order valence-electron chi connectivity index (χ1n) is 6.82. The molecule has 0 aliphatic rings. The molecule has 1 N–H and O–H groups in total. The summed E-state index contributed by atoms with van der Waals surface area (Å²) in [5.41, 5.74) is 2.11. The number of hydrogen-bond donors (Lipinski definition) is 1. The Morgan fingerprint density at radius 2 is 2.20 bits per heavy atom. The van der Waals surface area contributed by atoms with Crippen LogP contribution in [0.4, 0.5) is 5.13 Å². The van der Waals surface area contributed by atoms with Crippen LogP contribution < -0.4 is 10.9 Å². The largest absolute Gasteiger partial charge is 0.359 e. The molecule has 0 bridgehead atoms. The van der Waals surface area contributed by atoms with Crippen LogP contribution in [0.1, 0.15) is 32.9 Å². The van der Waals surface area contributed by atoms with E-state index in [0.29, 0.717) is 18.2 Å². The van der Waals surface area contributed by atoms with E-state index in [2.05, 4.69) is 29.2 Å². The molecule has 2 rings (SSSR count). The molecular weight excluding hydrogens is 272 g/mol. The van der Waals surface area contributed by atoms with Gasteiger partial charge in [0.2, 0.25) is 0 Å². The predicted molar refractivity (Wildman–Crippen MR) is 83.4 cm³/mol. The second-order valence-corrected chi connectivity index (χ2v) is 5.92. The van der Waals surface area contributed by atoms with Crippen LogP contribution in [-0.4, -0.2) is 20.8 Å². The Labute approximate surface area is 122 Å². The lowest BCUT2D eigenvalue weighted by Gasteiger charge is -2.07. The maximum Gasteiger partial charge on any atom is 0.276 e. The lowest BCUT2D eigenvalue weighted by molar-refractivity contribution is 0.562. The molecular formula is C14H20N4OS. The Balaban J connectivity index is 2.41. The molecule has 5 nitrogen and oxygen atoms in total. The van der Waals surface area contributed by atoms with Gasteiger partial charge in [-0.05, 0) is 33.3 Å². The van der Waals surface area contributed by atoms with Gasteiger partial charge < -0.3 is 5.32 Å². The molecule has 0 spiro atoms. The van der Waals surface area contributed by atoms with Gasteiger partial charge in [-0.1, -0.05) is 6.92 Å². The molecule has 0 aliphatic carbocycles. The van der Waals surface area contributed by atoms with Crippen molar-refractivity contribution in [2.45, 2.75) is 46.7 Å². The number of nitrogens with one attached hydrogen (secondary N) is 1. The van der Waals surface area contributed by atoms with Gasteiger partial charge in [-0.2, -0.15) is 5.10 Å². The quantitative estimate of drug-likeness (QED) is 0.920. The minimum absolute atomic E-state index is 0.0705. The highest BCUT2D eigenvalue weighted by molar-refractivity contribution is 7.14. The molecule has 0 aliphatic heterocycles. The third kappa shape index (κ3) is 3.25. The second kappa shape index (κ2) is 6.17. The van der Waals surface area contributed by atoms with Crippen molar-refractivity contribution in [3.63, 3.8) is 0 Å². The van der Waals surface area contributed by atoms with E-state index in [0.717, 1.165) is 22.9 Å². The van der Waals surface area contributed by atoms with E-state index in [-0.39, 0.29) is 5.56 Å². The van der Waals surface area contributed by atoms with Crippen molar-refractivity contribution in [3.05, 3.63) is 27.5 Å². The van der Waals surface area contributed by atoms with Crippen molar-refractivity contribution in [2.75, 3.05) is 5.32 Å². The summed E-state index contributed by atoms with van der Waals surface area (Å²) in [6, 6.07) is 2.13. The summed E-state index contributed by atoms with van der Waals surface area (Å²) in [6.07, 6.45) is 0.882. The molecule has 6 heteroatoms. The van der Waals surface area contributed by atoms with Crippen molar-refractivity contribution in [1.29, 1.82) is 0 Å². The Morgan fingerprint density at radius 3 is 2.85 bits per heavy atom. The van der Waals surface area contributed by atoms with Crippen LogP contribution in [0.15, 0.2) is 16.2 Å². The Hall–Kier alpha value is -1.69. The van der Waals surface area contributed by atoms with Gasteiger partial charge in [-0.15, -0.1) is 11.3 Å². The summed E-state index contributed by atoms with van der Waals surface area (Å²) < 4.78 is 1.53. The molecule has 0 saturated carbocycles. The minimum atomic E-state index is -0.0705. The Kier molecular flexibility index (Phi) is 4.54. The number of thiazole rings is 1. The number of rotatable bonds is 5. The zero-order chi connectivity index (χ0) is 14.7. The molecule has 2 aromatic heterocycles. The summed E-state index contributed by atoms with van der Waals surface area (Å²) in [7, 11) is 0. The summed E-state index contributed by atoms with van der Waals surface area (Å²) in [4.78, 5) is 16.9. The summed E-state index contributed by atoms with van der Waals surface area (Å²) in [5.74, 6) is 0. The molecule has 108 valence electrons. The highest BCUT2D eigenvalue weighted by Crippen LogP contribution is 2.23. The van der Waals surface area contributed by atoms with E-state index < -0.39 is 0 Å². The average molecular weight is 292 g/mol. The van der Waals surface area contributed by atoms with Gasteiger partial charge in [0, 0.05) is 18.0 Å². The molecule has 2 heterocycles. The standard InChI is InChI=1S/C14H20N4OS/c1-5-6-18-13(19)11(7-10(4)17-18)12-8-20-14(16-12)15-9(2)3/h7-9H,5-6H2,1-4H3,(H,15,16). The van der Waals surface area contributed by atoms with Gasteiger partial charge in [0.15, 0.2) is 5.13 Å². The monoisotopic (exact) mass is 292 g/mol. The number of aromatic nitrogens is 3. The van der Waals surface area contributed by atoms with Crippen molar-refractivity contribution in [2.24, 2.45) is 0 Å². The molecule has 0 fully saturated rings. The fourth-order valence-electron chi connectivity index (χ4n) is 1.93. The first-order valence-corrected chi connectivity index (χ1v) is 7.70. The van der Waals surface area contributed by atoms with Crippen molar-refractivity contribution < 1.29 is 0 Å². The predicted octanol–water partition coefficient (Wildman–Crippen LogP) is 2.91. The number of nitrogens with zero attached hydrogens (tertiary/aromatic N) is 3. The fourth-order valence-corrected chi connectivity index (χ4v) is 2.79. The summed E-state index contributed by atoms with van der Waals surface area (Å²) in [5, 5.41) is 10.3. The fraction of sp³-hybridized carbons (Fsp3) is 0.500. The highest BCUT2D eigenvalue weighted by Gasteiger charge is 2.12. The third-order valence-corrected chi connectivity index (χ3v) is 3.50. The minimum Gasteiger partial charge on any atom is -0.359 e. The summed E-state index contributed by atoms with van der Waals surface area (Å²) >= 11 is 1.52. The highest BCUT2D eigenvalue weighted by atomic mass is 32.1. The average Bonchev–Trinajstić information content (AvgIpc) is 2.81. The molecule has 0 unspecified atom stereocenters. The molecule has 0 aromatic carbocycles. The van der Waals surface area contributed by atoms with Gasteiger partial charge in [-0.3, -0.25) is 4.79 Å². The number of aryl methyl sites for hydroxylation is 2. The number of anilines is 1. The molecule has 0 amide bonds. The maximum absolute atomic E-state index is 12.4. The smallest absolute Gasteiger partial charge is 0.276 e. The van der Waals surface area contributed by atoms with Crippen molar-refractivity contribution in [3.8, 4) is 11.3 Å². The van der Waals surface area contributed by atoms with E-state index in [1.165, 1.54) is 16.0 Å². The third-order valence-electron chi connectivity index (χ3n) is 2.72. The molecule has 0 saturated heterocycles. The number of hydrogen-bond acceptors (Lipinski definition) is 5. The zero-order valence-corrected chi connectivity index (χ0v) is 13.1. The van der Waals surface area contributed by atoms with Gasteiger partial charge in [0.25, 0.3) is 5.56 Å². The van der Waals surface area contributed by atoms with Gasteiger partial charge in [-0.25, -0.2) is 9.67 Å². The Morgan fingerprint density at radius 1 is 1.45 bits per heavy atom. The zero-order valence-electron chi connectivity index (χ0n) is 12.3. The van der Waals surface area contributed by atoms with E-state index in [4.69, 9.17) is 0 Å². The van der Waals surface area contributed by atoms with E-state index in [1.54, 1.807) is 0 Å². The first-order chi connectivity index (χ1) is 9.51. The van der Waals surface area contributed by atoms with Crippen LogP contribution in [0.3, 0.4) is 0 Å². The van der Waals surface area contributed by atoms with E-state index in [1.807, 2.05) is 25.3 Å². The lowest BCUT2D eigenvalue weighted by atomic mass is 10.2. The van der Waals surface area contributed by atoms with Crippen LogP contribution in [0.2, 0.25) is 0 Å². The molecule has 2 aromatic rings. The van der Waals surface area contributed by atoms with Gasteiger partial charge >= 0.3 is 0 Å². The summed E-state index contributed by atoms with van der Waals surface area (Å²) in [6.45, 7) is 8.69. The van der Waals surface area contributed by atoms with Crippen LogP contribution in [-0.2, 0) is 6.54 Å². The van der Waals surface area contributed by atoms with E-state index >= 15 is 0 Å². The van der Waals surface area contributed by atoms with Crippen LogP contribution in [0.5, 0.6) is 0 Å². The first kappa shape index (κ1) is 14.7. The SMILES string of the molecule is CCCn1nc(C)cc(-c2csc(NC(C)C)n2)c1=O. The van der Waals surface area contributed by atoms with E-state index in [9.17, 15) is 4.79 Å². The van der Waals surface area contributed by atoms with Gasteiger partial charge in [0.05, 0.1) is 17.0 Å².